The molecule has 2 aromatic carbocycles. The van der Waals surface area contributed by atoms with Gasteiger partial charge in [0.05, 0.1) is 23.8 Å². The zero-order chi connectivity index (χ0) is 18.2. The second-order valence-electron chi connectivity index (χ2n) is 5.44. The molecule has 1 N–H and O–H groups in total. The molecule has 0 bridgehead atoms. The number of carbonyl (C=O) groups is 1. The molecule has 25 heavy (non-hydrogen) atoms. The quantitative estimate of drug-likeness (QED) is 0.723. The number of amides is 1. The summed E-state index contributed by atoms with van der Waals surface area (Å²) in [6.07, 6.45) is 0.988. The number of nitrogens with one attached hydrogen (secondary N) is 1. The highest BCUT2D eigenvalue weighted by atomic mass is 35.5. The molecule has 2 rings (SSSR count). The Morgan fingerprint density at radius 2 is 1.80 bits per heavy atom. The van der Waals surface area contributed by atoms with E-state index in [1.807, 2.05) is 31.2 Å². The number of benzene rings is 2. The molecule has 0 aromatic heterocycles. The number of halogens is 2. The maximum Gasteiger partial charge on any atom is 0.220 e. The summed E-state index contributed by atoms with van der Waals surface area (Å²) in [5.74, 6) is 1.32. The number of methoxy groups -OCH3 is 1. The Balaban J connectivity index is 1.87. The molecule has 0 saturated carbocycles. The molecule has 2 aromatic rings. The Hall–Kier alpha value is -1.91. The summed E-state index contributed by atoms with van der Waals surface area (Å²) in [6.45, 7) is 2.90. The predicted molar refractivity (Wildman–Crippen MR) is 101 cm³/mol. The fraction of sp³-hybridized carbons (Fsp3) is 0.316. The lowest BCUT2D eigenvalue weighted by atomic mass is 10.1. The van der Waals surface area contributed by atoms with Gasteiger partial charge in [-0.3, -0.25) is 4.79 Å². The van der Waals surface area contributed by atoms with Crippen LogP contribution in [0.5, 0.6) is 11.5 Å². The smallest absolute Gasteiger partial charge is 0.220 e. The Kier molecular flexibility index (Phi) is 7.41. The number of ether oxygens (including phenoxy) is 2. The molecule has 4 nitrogen and oxygen atoms in total. The van der Waals surface area contributed by atoms with Gasteiger partial charge in [0.2, 0.25) is 5.91 Å². The fourth-order valence-corrected chi connectivity index (χ4v) is 2.66. The molecule has 0 unspecified atom stereocenters. The summed E-state index contributed by atoms with van der Waals surface area (Å²) < 4.78 is 10.8. The van der Waals surface area contributed by atoms with Gasteiger partial charge in [0.15, 0.2) is 11.5 Å². The van der Waals surface area contributed by atoms with E-state index in [4.69, 9.17) is 32.7 Å². The van der Waals surface area contributed by atoms with E-state index in [2.05, 4.69) is 5.32 Å². The van der Waals surface area contributed by atoms with Crippen LogP contribution in [0.15, 0.2) is 36.4 Å². The summed E-state index contributed by atoms with van der Waals surface area (Å²) in [5, 5.41) is 3.92. The average molecular weight is 382 g/mol. The lowest BCUT2D eigenvalue weighted by Gasteiger charge is -2.12. The first-order valence-corrected chi connectivity index (χ1v) is 8.79. The molecule has 0 heterocycles. The third-order valence-corrected chi connectivity index (χ3v) is 4.38. The zero-order valence-electron chi connectivity index (χ0n) is 14.3. The summed E-state index contributed by atoms with van der Waals surface area (Å²) >= 11 is 11.9. The Morgan fingerprint density at radius 1 is 1.04 bits per heavy atom. The van der Waals surface area contributed by atoms with Crippen LogP contribution < -0.4 is 14.8 Å². The average Bonchev–Trinajstić information content (AvgIpc) is 2.61. The van der Waals surface area contributed by atoms with Gasteiger partial charge in [-0.05, 0) is 48.7 Å². The third-order valence-electron chi connectivity index (χ3n) is 3.64. The van der Waals surface area contributed by atoms with E-state index in [-0.39, 0.29) is 5.91 Å². The van der Waals surface area contributed by atoms with Crippen molar-refractivity contribution in [2.24, 2.45) is 0 Å². The summed E-state index contributed by atoms with van der Waals surface area (Å²) in [6, 6.07) is 11.0. The highest BCUT2D eigenvalue weighted by Gasteiger charge is 2.08. The van der Waals surface area contributed by atoms with Crippen LogP contribution in [0.1, 0.15) is 24.5 Å². The van der Waals surface area contributed by atoms with E-state index in [1.165, 1.54) is 0 Å². The first-order valence-electron chi connectivity index (χ1n) is 8.03. The molecule has 1 amide bonds. The molecule has 0 aliphatic carbocycles. The number of aryl methyl sites for hydroxylation is 1. The van der Waals surface area contributed by atoms with Crippen molar-refractivity contribution in [3.8, 4) is 11.5 Å². The van der Waals surface area contributed by atoms with Crippen LogP contribution in [0.3, 0.4) is 0 Å². The van der Waals surface area contributed by atoms with Crippen molar-refractivity contribution in [1.82, 2.24) is 5.32 Å². The van der Waals surface area contributed by atoms with E-state index in [0.717, 1.165) is 11.1 Å². The van der Waals surface area contributed by atoms with Crippen LogP contribution in [0.2, 0.25) is 10.0 Å². The maximum absolute atomic E-state index is 12.0. The molecule has 0 saturated heterocycles. The van der Waals surface area contributed by atoms with Crippen molar-refractivity contribution >= 4 is 29.1 Å². The Bertz CT molecular complexity index is 735. The number of carbonyl (C=O) groups excluding carboxylic acids is 1. The SMILES string of the molecule is CCOc1cc(CNC(=O)CCc2ccc(Cl)c(Cl)c2)ccc1OC. The normalized spacial score (nSPS) is 10.4. The van der Waals surface area contributed by atoms with Gasteiger partial charge >= 0.3 is 0 Å². The van der Waals surface area contributed by atoms with E-state index in [1.54, 1.807) is 19.2 Å². The topological polar surface area (TPSA) is 47.6 Å². The van der Waals surface area contributed by atoms with Crippen LogP contribution in [-0.4, -0.2) is 19.6 Å². The van der Waals surface area contributed by atoms with Crippen molar-refractivity contribution in [3.63, 3.8) is 0 Å². The molecule has 0 aliphatic rings. The monoisotopic (exact) mass is 381 g/mol. The molecule has 0 atom stereocenters. The summed E-state index contributed by atoms with van der Waals surface area (Å²) in [5.41, 5.74) is 1.93. The molecule has 0 aliphatic heterocycles. The molecule has 0 fully saturated rings. The van der Waals surface area contributed by atoms with Crippen molar-refractivity contribution in [2.45, 2.75) is 26.3 Å². The van der Waals surface area contributed by atoms with Gasteiger partial charge in [-0.15, -0.1) is 0 Å². The van der Waals surface area contributed by atoms with Crippen LogP contribution in [0.4, 0.5) is 0 Å². The van der Waals surface area contributed by atoms with Gasteiger partial charge in [0.25, 0.3) is 0 Å². The second kappa shape index (κ2) is 9.54. The Morgan fingerprint density at radius 3 is 2.48 bits per heavy atom. The van der Waals surface area contributed by atoms with E-state index < -0.39 is 0 Å². The minimum atomic E-state index is -0.0279. The first-order chi connectivity index (χ1) is 12.0. The molecule has 0 spiro atoms. The van der Waals surface area contributed by atoms with E-state index in [0.29, 0.717) is 47.5 Å². The van der Waals surface area contributed by atoms with Crippen molar-refractivity contribution < 1.29 is 14.3 Å². The highest BCUT2D eigenvalue weighted by molar-refractivity contribution is 6.42. The molecular weight excluding hydrogens is 361 g/mol. The largest absolute Gasteiger partial charge is 0.493 e. The summed E-state index contributed by atoms with van der Waals surface area (Å²) in [7, 11) is 1.60. The third kappa shape index (κ3) is 5.83. The van der Waals surface area contributed by atoms with Gasteiger partial charge < -0.3 is 14.8 Å². The molecular formula is C19H21Cl2NO3. The number of hydrogen-bond acceptors (Lipinski definition) is 3. The minimum Gasteiger partial charge on any atom is -0.493 e. The first kappa shape index (κ1) is 19.4. The minimum absolute atomic E-state index is 0.0279. The summed E-state index contributed by atoms with van der Waals surface area (Å²) in [4.78, 5) is 12.0. The lowest BCUT2D eigenvalue weighted by Crippen LogP contribution is -2.23. The van der Waals surface area contributed by atoms with Gasteiger partial charge in [-0.25, -0.2) is 0 Å². The zero-order valence-corrected chi connectivity index (χ0v) is 15.8. The lowest BCUT2D eigenvalue weighted by molar-refractivity contribution is -0.121. The van der Waals surface area contributed by atoms with Gasteiger partial charge in [0.1, 0.15) is 0 Å². The van der Waals surface area contributed by atoms with E-state index >= 15 is 0 Å². The molecule has 134 valence electrons. The van der Waals surface area contributed by atoms with Crippen LogP contribution in [0, 0.1) is 0 Å². The van der Waals surface area contributed by atoms with Crippen LogP contribution in [-0.2, 0) is 17.8 Å². The predicted octanol–water partition coefficient (Wildman–Crippen LogP) is 4.65. The van der Waals surface area contributed by atoms with Gasteiger partial charge in [-0.1, -0.05) is 35.3 Å². The second-order valence-corrected chi connectivity index (χ2v) is 6.26. The Labute approximate surface area is 158 Å². The number of hydrogen-bond donors (Lipinski definition) is 1. The van der Waals surface area contributed by atoms with Crippen LogP contribution in [0.25, 0.3) is 0 Å². The van der Waals surface area contributed by atoms with Crippen LogP contribution >= 0.6 is 23.2 Å². The molecule has 6 heteroatoms. The van der Waals surface area contributed by atoms with Crippen molar-refractivity contribution in [3.05, 3.63) is 57.6 Å². The van der Waals surface area contributed by atoms with Gasteiger partial charge in [-0.2, -0.15) is 0 Å². The number of rotatable bonds is 8. The standard InChI is InChI=1S/C19H21Cl2NO3/c1-3-25-18-11-14(5-8-17(18)24-2)12-22-19(23)9-6-13-4-7-15(20)16(21)10-13/h4-5,7-8,10-11H,3,6,9,12H2,1-2H3,(H,22,23). The van der Waals surface area contributed by atoms with Crippen molar-refractivity contribution in [2.75, 3.05) is 13.7 Å². The molecule has 0 radical (unpaired) electrons. The van der Waals surface area contributed by atoms with Crippen molar-refractivity contribution in [1.29, 1.82) is 0 Å². The van der Waals surface area contributed by atoms with Gasteiger partial charge in [0, 0.05) is 13.0 Å². The van der Waals surface area contributed by atoms with E-state index in [9.17, 15) is 4.79 Å². The maximum atomic E-state index is 12.0. The fourth-order valence-electron chi connectivity index (χ4n) is 2.34. The highest BCUT2D eigenvalue weighted by Crippen LogP contribution is 2.28.